The molecule has 0 bridgehead atoms. The molecule has 0 saturated carbocycles. The van der Waals surface area contributed by atoms with Crippen molar-refractivity contribution >= 4 is 12.1 Å². The van der Waals surface area contributed by atoms with Crippen molar-refractivity contribution in [3.05, 3.63) is 0 Å². The molecule has 2 heteroatoms. The van der Waals surface area contributed by atoms with Crippen molar-refractivity contribution < 1.29 is 0 Å². The molecule has 0 aromatic rings. The van der Waals surface area contributed by atoms with Gasteiger partial charge in [0.15, 0.2) is 0 Å². The van der Waals surface area contributed by atoms with Gasteiger partial charge in [-0.2, -0.15) is 0 Å². The molecule has 0 aromatic carbocycles. The lowest BCUT2D eigenvalue weighted by atomic mass is 10.0. The molecule has 0 radical (unpaired) electrons. The van der Waals surface area contributed by atoms with E-state index in [2.05, 4.69) is 30.8 Å². The number of hydrogen-bond donors (Lipinski definition) is 0. The zero-order chi connectivity index (χ0) is 8.69. The summed E-state index contributed by atoms with van der Waals surface area (Å²) < 4.78 is 0. The zero-order valence-corrected chi connectivity index (χ0v) is 7.96. The van der Waals surface area contributed by atoms with E-state index in [1.807, 2.05) is 0 Å². The van der Waals surface area contributed by atoms with E-state index in [1.54, 1.807) is 13.4 Å². The van der Waals surface area contributed by atoms with Crippen LogP contribution in [0.3, 0.4) is 0 Å². The van der Waals surface area contributed by atoms with Gasteiger partial charge in [-0.15, -0.1) is 0 Å². The molecule has 0 aromatic heterocycles. The summed E-state index contributed by atoms with van der Waals surface area (Å²) in [7, 11) is 1.74. The van der Waals surface area contributed by atoms with Gasteiger partial charge in [-0.1, -0.05) is 20.3 Å². The third kappa shape index (κ3) is 4.71. The van der Waals surface area contributed by atoms with Gasteiger partial charge in [-0.3, -0.25) is 4.99 Å². The Labute approximate surface area is 69.4 Å². The van der Waals surface area contributed by atoms with Crippen LogP contribution in [-0.4, -0.2) is 19.1 Å². The highest BCUT2D eigenvalue weighted by atomic mass is 14.8. The molecule has 0 heterocycles. The van der Waals surface area contributed by atoms with Gasteiger partial charge >= 0.3 is 0 Å². The van der Waals surface area contributed by atoms with Crippen molar-refractivity contribution in [2.75, 3.05) is 7.05 Å². The largest absolute Gasteiger partial charge is 0.277 e. The maximum atomic E-state index is 4.19. The number of nitrogens with zero attached hydrogens (tertiary/aromatic N) is 2. The van der Waals surface area contributed by atoms with Crippen LogP contribution in [0.2, 0.25) is 0 Å². The van der Waals surface area contributed by atoms with E-state index in [4.69, 9.17) is 0 Å². The smallest absolute Gasteiger partial charge is 0.109 e. The summed E-state index contributed by atoms with van der Waals surface area (Å²) in [6.07, 6.45) is 4.05. The molecule has 2 nitrogen and oxygen atoms in total. The molecule has 64 valence electrons. The molecule has 0 aliphatic heterocycles. The average Bonchev–Trinajstić information content (AvgIpc) is 2.00. The van der Waals surface area contributed by atoms with Crippen LogP contribution in [0.4, 0.5) is 0 Å². The Kier molecular flexibility index (Phi) is 5.71. The summed E-state index contributed by atoms with van der Waals surface area (Å²) in [5.74, 6) is 0.595. The Morgan fingerprint density at radius 3 is 2.64 bits per heavy atom. The standard InChI is InChI=1S/C9H18N2/c1-5-6-8(2)9(3)11-7-10-4/h7-8H,5-6H2,1-4H3/b10-7-,11-9+. The van der Waals surface area contributed by atoms with Gasteiger partial charge in [0.1, 0.15) is 6.34 Å². The monoisotopic (exact) mass is 154 g/mol. The summed E-state index contributed by atoms with van der Waals surface area (Å²) in [6, 6.07) is 0. The van der Waals surface area contributed by atoms with Crippen molar-refractivity contribution in [2.45, 2.75) is 33.6 Å². The first-order valence-corrected chi connectivity index (χ1v) is 4.17. The van der Waals surface area contributed by atoms with Crippen LogP contribution in [0.15, 0.2) is 9.98 Å². The predicted molar refractivity (Wildman–Crippen MR) is 51.6 cm³/mol. The Morgan fingerprint density at radius 2 is 2.18 bits per heavy atom. The Balaban J connectivity index is 3.89. The summed E-state index contributed by atoms with van der Waals surface area (Å²) >= 11 is 0. The Bertz CT molecular complexity index is 148. The minimum atomic E-state index is 0.595. The number of aliphatic imine (C=N–C) groups is 2. The number of hydrogen-bond acceptors (Lipinski definition) is 1. The van der Waals surface area contributed by atoms with Crippen molar-refractivity contribution in [3.63, 3.8) is 0 Å². The van der Waals surface area contributed by atoms with Gasteiger partial charge in [0.05, 0.1) is 0 Å². The zero-order valence-electron chi connectivity index (χ0n) is 7.96. The van der Waals surface area contributed by atoms with E-state index in [1.165, 1.54) is 18.6 Å². The minimum absolute atomic E-state index is 0.595. The summed E-state index contributed by atoms with van der Waals surface area (Å²) in [6.45, 7) is 6.45. The van der Waals surface area contributed by atoms with Crippen molar-refractivity contribution in [1.29, 1.82) is 0 Å². The van der Waals surface area contributed by atoms with E-state index in [9.17, 15) is 0 Å². The lowest BCUT2D eigenvalue weighted by Crippen LogP contribution is -2.06. The van der Waals surface area contributed by atoms with Gasteiger partial charge in [-0.05, 0) is 19.3 Å². The Morgan fingerprint density at radius 1 is 1.55 bits per heavy atom. The highest BCUT2D eigenvalue weighted by Gasteiger charge is 2.02. The minimum Gasteiger partial charge on any atom is -0.277 e. The summed E-state index contributed by atoms with van der Waals surface area (Å²) in [5, 5.41) is 0. The van der Waals surface area contributed by atoms with Crippen LogP contribution in [0.1, 0.15) is 33.6 Å². The third-order valence-corrected chi connectivity index (χ3v) is 1.81. The molecule has 1 unspecified atom stereocenters. The van der Waals surface area contributed by atoms with Crippen LogP contribution >= 0.6 is 0 Å². The van der Waals surface area contributed by atoms with E-state index >= 15 is 0 Å². The van der Waals surface area contributed by atoms with Crippen LogP contribution < -0.4 is 0 Å². The molecule has 0 aliphatic rings. The van der Waals surface area contributed by atoms with E-state index in [-0.39, 0.29) is 0 Å². The normalized spacial score (nSPS) is 15.8. The lowest BCUT2D eigenvalue weighted by molar-refractivity contribution is 0.665. The van der Waals surface area contributed by atoms with Crippen LogP contribution in [0, 0.1) is 5.92 Å². The van der Waals surface area contributed by atoms with E-state index in [0.717, 1.165) is 0 Å². The first-order chi connectivity index (χ1) is 5.22. The molecular formula is C9H18N2. The highest BCUT2D eigenvalue weighted by molar-refractivity contribution is 5.90. The second kappa shape index (κ2) is 6.08. The molecule has 1 atom stereocenters. The molecule has 0 amide bonds. The highest BCUT2D eigenvalue weighted by Crippen LogP contribution is 2.06. The van der Waals surface area contributed by atoms with Crippen LogP contribution in [0.5, 0.6) is 0 Å². The van der Waals surface area contributed by atoms with E-state index < -0.39 is 0 Å². The van der Waals surface area contributed by atoms with Crippen LogP contribution in [-0.2, 0) is 0 Å². The number of rotatable bonds is 4. The molecule has 0 rings (SSSR count). The average molecular weight is 154 g/mol. The van der Waals surface area contributed by atoms with Crippen molar-refractivity contribution in [3.8, 4) is 0 Å². The predicted octanol–water partition coefficient (Wildman–Crippen LogP) is 2.54. The van der Waals surface area contributed by atoms with Gasteiger partial charge < -0.3 is 0 Å². The molecule has 0 N–H and O–H groups in total. The lowest BCUT2D eigenvalue weighted by Gasteiger charge is -2.07. The molecule has 0 spiro atoms. The van der Waals surface area contributed by atoms with Gasteiger partial charge in [0.2, 0.25) is 0 Å². The molecule has 0 fully saturated rings. The maximum Gasteiger partial charge on any atom is 0.109 e. The van der Waals surface area contributed by atoms with Crippen molar-refractivity contribution in [2.24, 2.45) is 15.9 Å². The maximum absolute atomic E-state index is 4.19. The molecule has 11 heavy (non-hydrogen) atoms. The quantitative estimate of drug-likeness (QED) is 0.439. The fraction of sp³-hybridized carbons (Fsp3) is 0.778. The van der Waals surface area contributed by atoms with Gasteiger partial charge in [0, 0.05) is 12.8 Å². The second-order valence-electron chi connectivity index (χ2n) is 2.83. The van der Waals surface area contributed by atoms with Crippen molar-refractivity contribution in [1.82, 2.24) is 0 Å². The fourth-order valence-corrected chi connectivity index (χ4v) is 0.918. The summed E-state index contributed by atoms with van der Waals surface area (Å²) in [4.78, 5) is 7.99. The molecular weight excluding hydrogens is 136 g/mol. The summed E-state index contributed by atoms with van der Waals surface area (Å²) in [5.41, 5.74) is 1.18. The molecule has 0 saturated heterocycles. The first kappa shape index (κ1) is 10.3. The van der Waals surface area contributed by atoms with Gasteiger partial charge in [-0.25, -0.2) is 4.99 Å². The Hall–Kier alpha value is -0.660. The topological polar surface area (TPSA) is 24.7 Å². The van der Waals surface area contributed by atoms with Crippen LogP contribution in [0.25, 0.3) is 0 Å². The van der Waals surface area contributed by atoms with Gasteiger partial charge in [0.25, 0.3) is 0 Å². The first-order valence-electron chi connectivity index (χ1n) is 4.17. The molecule has 0 aliphatic carbocycles. The second-order valence-corrected chi connectivity index (χ2v) is 2.83. The SMILES string of the molecule is CCCC(C)/C(C)=N/C=N\C. The van der Waals surface area contributed by atoms with E-state index in [0.29, 0.717) is 5.92 Å². The third-order valence-electron chi connectivity index (χ3n) is 1.81. The fourth-order valence-electron chi connectivity index (χ4n) is 0.918.